The van der Waals surface area contributed by atoms with E-state index in [1.807, 2.05) is 6.20 Å². The number of rotatable bonds is 6. The summed E-state index contributed by atoms with van der Waals surface area (Å²) in [5, 5.41) is 5.17. The Balaban J connectivity index is 1.47. The van der Waals surface area contributed by atoms with Crippen LogP contribution in [0.4, 0.5) is 4.39 Å². The molecule has 3 heterocycles. The van der Waals surface area contributed by atoms with Crippen molar-refractivity contribution in [1.82, 2.24) is 19.7 Å². The molecule has 6 nitrogen and oxygen atoms in total. The summed E-state index contributed by atoms with van der Waals surface area (Å²) in [7, 11) is 1.80. The van der Waals surface area contributed by atoms with Gasteiger partial charge in [0.2, 0.25) is 0 Å². The third kappa shape index (κ3) is 3.79. The lowest BCUT2D eigenvalue weighted by molar-refractivity contribution is 0.0371. The average Bonchev–Trinajstić information content (AvgIpc) is 3.25. The van der Waals surface area contributed by atoms with E-state index in [1.54, 1.807) is 23.9 Å². The average molecular weight is 370 g/mol. The zero-order valence-electron chi connectivity index (χ0n) is 15.4. The molecule has 1 aromatic carbocycles. The van der Waals surface area contributed by atoms with Gasteiger partial charge in [-0.05, 0) is 37.2 Å². The number of nitrogens with zero attached hydrogens (tertiary/aromatic N) is 3. The van der Waals surface area contributed by atoms with Gasteiger partial charge in [0.05, 0.1) is 18.9 Å². The van der Waals surface area contributed by atoms with Crippen molar-refractivity contribution in [1.29, 1.82) is 0 Å². The minimum atomic E-state index is -0.287. The zero-order chi connectivity index (χ0) is 18.8. The van der Waals surface area contributed by atoms with Crippen LogP contribution in [0, 0.1) is 5.82 Å². The number of ether oxygens (including phenoxy) is 1. The molecule has 0 saturated carbocycles. The summed E-state index contributed by atoms with van der Waals surface area (Å²) in [6.45, 7) is 4.29. The lowest BCUT2D eigenvalue weighted by atomic mass is 10.1. The molecule has 27 heavy (non-hydrogen) atoms. The highest BCUT2D eigenvalue weighted by molar-refractivity contribution is 5.98. The van der Waals surface area contributed by atoms with Crippen molar-refractivity contribution in [3.8, 4) is 11.3 Å². The van der Waals surface area contributed by atoms with Crippen LogP contribution in [-0.2, 0) is 11.8 Å². The molecule has 1 N–H and O–H groups in total. The van der Waals surface area contributed by atoms with Crippen LogP contribution in [0.2, 0.25) is 0 Å². The largest absolute Gasteiger partial charge is 0.379 e. The highest BCUT2D eigenvalue weighted by Gasteiger charge is 2.17. The van der Waals surface area contributed by atoms with Crippen LogP contribution < -0.4 is 0 Å². The van der Waals surface area contributed by atoms with Gasteiger partial charge in [-0.25, -0.2) is 4.39 Å². The molecule has 0 atom stereocenters. The summed E-state index contributed by atoms with van der Waals surface area (Å²) in [4.78, 5) is 18.0. The van der Waals surface area contributed by atoms with Gasteiger partial charge >= 0.3 is 0 Å². The molecule has 0 amide bonds. The van der Waals surface area contributed by atoms with Gasteiger partial charge in [-0.1, -0.05) is 0 Å². The second-order valence-corrected chi connectivity index (χ2v) is 6.91. The Morgan fingerprint density at radius 2 is 2.11 bits per heavy atom. The van der Waals surface area contributed by atoms with Gasteiger partial charge in [-0.3, -0.25) is 14.4 Å². The Labute approximate surface area is 156 Å². The number of ketones is 1. The number of H-pyrrole nitrogens is 1. The Morgan fingerprint density at radius 1 is 1.30 bits per heavy atom. The Morgan fingerprint density at radius 3 is 2.93 bits per heavy atom. The third-order valence-electron chi connectivity index (χ3n) is 5.07. The van der Waals surface area contributed by atoms with Crippen molar-refractivity contribution >= 4 is 16.7 Å². The summed E-state index contributed by atoms with van der Waals surface area (Å²) in [5.41, 5.74) is 2.95. The molecule has 142 valence electrons. The van der Waals surface area contributed by atoms with E-state index in [-0.39, 0.29) is 11.6 Å². The maximum absolute atomic E-state index is 13.6. The lowest BCUT2D eigenvalue weighted by Gasteiger charge is -2.26. The number of nitrogens with one attached hydrogen (secondary N) is 1. The second-order valence-electron chi connectivity index (χ2n) is 6.91. The highest BCUT2D eigenvalue weighted by atomic mass is 19.1. The summed E-state index contributed by atoms with van der Waals surface area (Å²) < 4.78 is 20.7. The molecule has 2 aromatic heterocycles. The van der Waals surface area contributed by atoms with Gasteiger partial charge in [0.15, 0.2) is 5.78 Å². The minimum Gasteiger partial charge on any atom is -0.379 e. The first-order valence-corrected chi connectivity index (χ1v) is 9.26. The predicted molar refractivity (Wildman–Crippen MR) is 101 cm³/mol. The summed E-state index contributed by atoms with van der Waals surface area (Å²) >= 11 is 0. The number of Topliss-reactive ketones (excluding diaryl/α,β-unsaturated/α-hetero) is 1. The molecule has 4 rings (SSSR count). The number of fused-ring (bicyclic) bond motifs is 1. The van der Waals surface area contributed by atoms with E-state index in [4.69, 9.17) is 4.74 Å². The number of aryl methyl sites for hydroxylation is 1. The fourth-order valence-corrected chi connectivity index (χ4v) is 3.58. The number of aromatic amines is 1. The maximum Gasteiger partial charge on any atom is 0.183 e. The van der Waals surface area contributed by atoms with E-state index >= 15 is 0 Å². The topological polar surface area (TPSA) is 63.1 Å². The van der Waals surface area contributed by atoms with Crippen LogP contribution in [0.3, 0.4) is 0 Å². The predicted octanol–water partition coefficient (Wildman–Crippen LogP) is 3.00. The number of morpholine rings is 1. The first-order chi connectivity index (χ1) is 13.1. The monoisotopic (exact) mass is 370 g/mol. The molecule has 7 heteroatoms. The van der Waals surface area contributed by atoms with Crippen molar-refractivity contribution in [3.05, 3.63) is 42.0 Å². The highest BCUT2D eigenvalue weighted by Crippen LogP contribution is 2.29. The van der Waals surface area contributed by atoms with E-state index in [9.17, 15) is 9.18 Å². The molecule has 0 aliphatic carbocycles. The second kappa shape index (κ2) is 7.62. The molecule has 1 fully saturated rings. The number of hydrogen-bond donors (Lipinski definition) is 1. The van der Waals surface area contributed by atoms with E-state index < -0.39 is 0 Å². The molecule has 1 aliphatic rings. The summed E-state index contributed by atoms with van der Waals surface area (Å²) in [5.74, 6) is -0.249. The van der Waals surface area contributed by atoms with Crippen LogP contribution in [0.5, 0.6) is 0 Å². The van der Waals surface area contributed by atoms with Crippen LogP contribution >= 0.6 is 0 Å². The van der Waals surface area contributed by atoms with Crippen molar-refractivity contribution in [2.75, 3.05) is 32.8 Å². The Bertz CT molecular complexity index is 956. The maximum atomic E-state index is 13.6. The van der Waals surface area contributed by atoms with Gasteiger partial charge in [0.1, 0.15) is 11.5 Å². The molecule has 1 saturated heterocycles. The normalized spacial score (nSPS) is 15.5. The van der Waals surface area contributed by atoms with Gasteiger partial charge in [0.25, 0.3) is 0 Å². The number of carbonyl (C=O) groups excluding carboxylic acids is 1. The third-order valence-corrected chi connectivity index (χ3v) is 5.07. The van der Waals surface area contributed by atoms with E-state index in [0.29, 0.717) is 12.1 Å². The fourth-order valence-electron chi connectivity index (χ4n) is 3.58. The molecule has 0 unspecified atom stereocenters. The first kappa shape index (κ1) is 17.9. The number of carbonyl (C=O) groups is 1. The minimum absolute atomic E-state index is 0.0381. The Kier molecular flexibility index (Phi) is 5.05. The van der Waals surface area contributed by atoms with Crippen molar-refractivity contribution < 1.29 is 13.9 Å². The number of aromatic nitrogens is 3. The van der Waals surface area contributed by atoms with Crippen LogP contribution in [0.25, 0.3) is 22.2 Å². The number of hydrogen-bond acceptors (Lipinski definition) is 4. The van der Waals surface area contributed by atoms with Gasteiger partial charge in [0, 0.05) is 49.2 Å². The molecular weight excluding hydrogens is 347 g/mol. The number of benzene rings is 1. The van der Waals surface area contributed by atoms with Crippen LogP contribution in [0.1, 0.15) is 23.3 Å². The van der Waals surface area contributed by atoms with Crippen molar-refractivity contribution in [3.63, 3.8) is 0 Å². The van der Waals surface area contributed by atoms with Crippen LogP contribution in [0.15, 0.2) is 30.5 Å². The SMILES string of the molecule is Cn1nc(C(=O)CCCN2CCOCC2)cc1-c1c[nH]c2ccc(F)cc12. The summed E-state index contributed by atoms with van der Waals surface area (Å²) in [6, 6.07) is 6.43. The van der Waals surface area contributed by atoms with Gasteiger partial charge < -0.3 is 9.72 Å². The van der Waals surface area contributed by atoms with E-state index in [0.717, 1.165) is 61.4 Å². The smallest absolute Gasteiger partial charge is 0.183 e. The van der Waals surface area contributed by atoms with Gasteiger partial charge in [-0.15, -0.1) is 0 Å². The zero-order valence-corrected chi connectivity index (χ0v) is 15.4. The lowest BCUT2D eigenvalue weighted by Crippen LogP contribution is -2.36. The van der Waals surface area contributed by atoms with E-state index in [2.05, 4.69) is 15.0 Å². The van der Waals surface area contributed by atoms with Crippen molar-refractivity contribution in [2.24, 2.45) is 7.05 Å². The fraction of sp³-hybridized carbons (Fsp3) is 0.400. The summed E-state index contributed by atoms with van der Waals surface area (Å²) in [6.07, 6.45) is 3.10. The Hall–Kier alpha value is -2.51. The molecule has 0 spiro atoms. The van der Waals surface area contributed by atoms with E-state index in [1.165, 1.54) is 12.1 Å². The molecule has 0 radical (unpaired) electrons. The van der Waals surface area contributed by atoms with Crippen LogP contribution in [-0.4, -0.2) is 58.3 Å². The first-order valence-electron chi connectivity index (χ1n) is 9.26. The van der Waals surface area contributed by atoms with Gasteiger partial charge in [-0.2, -0.15) is 5.10 Å². The quantitative estimate of drug-likeness (QED) is 0.678. The number of halogens is 1. The standard InChI is InChI=1S/C20H23FN4O2/c1-24-19(16-13-22-17-5-4-14(21)11-15(16)17)12-18(23-24)20(26)3-2-6-25-7-9-27-10-8-25/h4-5,11-13,22H,2-3,6-10H2,1H3. The molecule has 1 aliphatic heterocycles. The molecule has 3 aromatic rings. The molecule has 0 bridgehead atoms. The van der Waals surface area contributed by atoms with Crippen molar-refractivity contribution in [2.45, 2.75) is 12.8 Å². The molecular formula is C20H23FN4O2.